The van der Waals surface area contributed by atoms with Gasteiger partial charge in [0.1, 0.15) is 0 Å². The average Bonchev–Trinajstić information content (AvgIpc) is 2.58. The molecule has 136 valence electrons. The van der Waals surface area contributed by atoms with Crippen molar-refractivity contribution in [3.63, 3.8) is 0 Å². The molecule has 0 unspecified atom stereocenters. The van der Waals surface area contributed by atoms with Crippen LogP contribution in [-0.2, 0) is 16.6 Å². The minimum atomic E-state index is -3.11. The fourth-order valence-electron chi connectivity index (χ4n) is 2.24. The van der Waals surface area contributed by atoms with Gasteiger partial charge >= 0.3 is 0 Å². The van der Waals surface area contributed by atoms with Gasteiger partial charge in [-0.25, -0.2) is 12.7 Å². The highest BCUT2D eigenvalue weighted by Gasteiger charge is 2.14. The van der Waals surface area contributed by atoms with Crippen LogP contribution in [0.25, 0.3) is 0 Å². The van der Waals surface area contributed by atoms with Crippen LogP contribution in [0.4, 0.5) is 0 Å². The van der Waals surface area contributed by atoms with E-state index in [9.17, 15) is 8.42 Å². The van der Waals surface area contributed by atoms with E-state index in [1.807, 2.05) is 32.2 Å². The SMILES string of the molecule is CCNC(=NCCCN(C)S(=O)(=O)CC)N(C)Cc1ccccc1. The molecule has 0 aliphatic rings. The molecule has 7 heteroatoms. The molecule has 0 amide bonds. The molecule has 1 rings (SSSR count). The number of aliphatic imine (C=N–C) groups is 1. The molecule has 0 saturated heterocycles. The predicted molar refractivity (Wildman–Crippen MR) is 101 cm³/mol. The van der Waals surface area contributed by atoms with Crippen molar-refractivity contribution in [1.82, 2.24) is 14.5 Å². The largest absolute Gasteiger partial charge is 0.357 e. The molecule has 0 atom stereocenters. The summed E-state index contributed by atoms with van der Waals surface area (Å²) in [6.07, 6.45) is 0.698. The summed E-state index contributed by atoms with van der Waals surface area (Å²) in [5, 5.41) is 3.28. The molecule has 0 heterocycles. The molecule has 0 saturated carbocycles. The summed E-state index contributed by atoms with van der Waals surface area (Å²) in [4.78, 5) is 6.67. The third-order valence-corrected chi connectivity index (χ3v) is 5.55. The zero-order valence-corrected chi connectivity index (χ0v) is 16.0. The summed E-state index contributed by atoms with van der Waals surface area (Å²) in [5.74, 6) is 0.970. The molecule has 0 aliphatic carbocycles. The standard InChI is InChI=1S/C17H30N4O2S/c1-5-18-17(20(3)15-16-11-8-7-9-12-16)19-13-10-14-21(4)24(22,23)6-2/h7-9,11-12H,5-6,10,13-15H2,1-4H3,(H,18,19). The Labute approximate surface area is 146 Å². The Morgan fingerprint density at radius 3 is 2.42 bits per heavy atom. The number of benzene rings is 1. The number of nitrogens with zero attached hydrogens (tertiary/aromatic N) is 3. The van der Waals surface area contributed by atoms with Gasteiger partial charge in [-0.1, -0.05) is 30.3 Å². The highest BCUT2D eigenvalue weighted by molar-refractivity contribution is 7.89. The van der Waals surface area contributed by atoms with Gasteiger partial charge in [-0.15, -0.1) is 0 Å². The van der Waals surface area contributed by atoms with Crippen molar-refractivity contribution in [3.8, 4) is 0 Å². The molecule has 0 fully saturated rings. The van der Waals surface area contributed by atoms with Gasteiger partial charge in [0.25, 0.3) is 0 Å². The number of sulfonamides is 1. The maximum atomic E-state index is 11.7. The minimum Gasteiger partial charge on any atom is -0.357 e. The van der Waals surface area contributed by atoms with Gasteiger partial charge in [0.05, 0.1) is 5.75 Å². The van der Waals surface area contributed by atoms with Gasteiger partial charge in [-0.3, -0.25) is 4.99 Å². The molecule has 0 aliphatic heterocycles. The van der Waals surface area contributed by atoms with Crippen molar-refractivity contribution in [2.24, 2.45) is 4.99 Å². The van der Waals surface area contributed by atoms with Crippen LogP contribution in [0.15, 0.2) is 35.3 Å². The summed E-state index contributed by atoms with van der Waals surface area (Å²) in [7, 11) is 0.515. The second-order valence-electron chi connectivity index (χ2n) is 5.65. The van der Waals surface area contributed by atoms with Gasteiger partial charge < -0.3 is 10.2 Å². The highest BCUT2D eigenvalue weighted by atomic mass is 32.2. The second kappa shape index (κ2) is 10.3. The third-order valence-electron chi connectivity index (χ3n) is 3.69. The Morgan fingerprint density at radius 2 is 1.83 bits per heavy atom. The van der Waals surface area contributed by atoms with E-state index in [4.69, 9.17) is 0 Å². The minimum absolute atomic E-state index is 0.134. The molecule has 1 N–H and O–H groups in total. The fourth-order valence-corrected chi connectivity index (χ4v) is 3.09. The summed E-state index contributed by atoms with van der Waals surface area (Å²) in [5.41, 5.74) is 1.22. The van der Waals surface area contributed by atoms with Crippen LogP contribution in [0, 0.1) is 0 Å². The molecule has 0 bridgehead atoms. The van der Waals surface area contributed by atoms with E-state index in [1.165, 1.54) is 9.87 Å². The lowest BCUT2D eigenvalue weighted by atomic mass is 10.2. The second-order valence-corrected chi connectivity index (χ2v) is 8.02. The van der Waals surface area contributed by atoms with Crippen LogP contribution in [0.1, 0.15) is 25.8 Å². The quantitative estimate of drug-likeness (QED) is 0.417. The van der Waals surface area contributed by atoms with Gasteiger partial charge in [-0.05, 0) is 25.8 Å². The van der Waals surface area contributed by atoms with Crippen molar-refractivity contribution >= 4 is 16.0 Å². The zero-order valence-electron chi connectivity index (χ0n) is 15.2. The van der Waals surface area contributed by atoms with E-state index in [2.05, 4.69) is 27.3 Å². The first-order valence-corrected chi connectivity index (χ1v) is 9.99. The van der Waals surface area contributed by atoms with E-state index in [0.717, 1.165) is 19.0 Å². The highest BCUT2D eigenvalue weighted by Crippen LogP contribution is 2.03. The number of hydrogen-bond donors (Lipinski definition) is 1. The average molecular weight is 355 g/mol. The van der Waals surface area contributed by atoms with Crippen LogP contribution in [0.3, 0.4) is 0 Å². The van der Waals surface area contributed by atoms with Gasteiger partial charge in [0.15, 0.2) is 5.96 Å². The van der Waals surface area contributed by atoms with E-state index in [0.29, 0.717) is 19.5 Å². The van der Waals surface area contributed by atoms with Gasteiger partial charge in [0, 0.05) is 40.3 Å². The van der Waals surface area contributed by atoms with Gasteiger partial charge in [-0.2, -0.15) is 0 Å². The molecule has 24 heavy (non-hydrogen) atoms. The summed E-state index contributed by atoms with van der Waals surface area (Å²) in [6, 6.07) is 10.2. The Morgan fingerprint density at radius 1 is 1.17 bits per heavy atom. The molecule has 0 aromatic heterocycles. The van der Waals surface area contributed by atoms with Crippen LogP contribution in [0.2, 0.25) is 0 Å². The van der Waals surface area contributed by atoms with Crippen molar-refractivity contribution in [2.75, 3.05) is 39.5 Å². The Hall–Kier alpha value is -1.60. The predicted octanol–water partition coefficient (Wildman–Crippen LogP) is 1.76. The lowest BCUT2D eigenvalue weighted by molar-refractivity contribution is 0.459. The first-order valence-electron chi connectivity index (χ1n) is 8.38. The smallest absolute Gasteiger partial charge is 0.213 e. The lowest BCUT2D eigenvalue weighted by Crippen LogP contribution is -2.38. The van der Waals surface area contributed by atoms with Crippen molar-refractivity contribution in [3.05, 3.63) is 35.9 Å². The first-order chi connectivity index (χ1) is 11.4. The molecule has 0 radical (unpaired) electrons. The maximum absolute atomic E-state index is 11.7. The van der Waals surface area contributed by atoms with Crippen molar-refractivity contribution < 1.29 is 8.42 Å². The molecule has 0 spiro atoms. The van der Waals surface area contributed by atoms with E-state index in [-0.39, 0.29) is 5.75 Å². The molecule has 1 aromatic rings. The Bertz CT molecular complexity index is 602. The van der Waals surface area contributed by atoms with Crippen LogP contribution >= 0.6 is 0 Å². The number of rotatable bonds is 9. The molecule has 6 nitrogen and oxygen atoms in total. The molecule has 1 aromatic carbocycles. The third kappa shape index (κ3) is 6.88. The summed E-state index contributed by atoms with van der Waals surface area (Å²) < 4.78 is 24.8. The van der Waals surface area contributed by atoms with Gasteiger partial charge in [0.2, 0.25) is 10.0 Å². The Kier molecular flexibility index (Phi) is 8.78. The summed E-state index contributed by atoms with van der Waals surface area (Å²) >= 11 is 0. The van der Waals surface area contributed by atoms with E-state index >= 15 is 0 Å². The fraction of sp³-hybridized carbons (Fsp3) is 0.588. The summed E-state index contributed by atoms with van der Waals surface area (Å²) in [6.45, 7) is 6.34. The number of nitrogens with one attached hydrogen (secondary N) is 1. The van der Waals surface area contributed by atoms with Crippen LogP contribution < -0.4 is 5.32 Å². The monoisotopic (exact) mass is 354 g/mol. The lowest BCUT2D eigenvalue weighted by Gasteiger charge is -2.22. The number of guanidine groups is 1. The first kappa shape index (κ1) is 20.4. The van der Waals surface area contributed by atoms with E-state index in [1.54, 1.807) is 14.0 Å². The van der Waals surface area contributed by atoms with Crippen LogP contribution in [0.5, 0.6) is 0 Å². The Balaban J connectivity index is 2.56. The maximum Gasteiger partial charge on any atom is 0.213 e. The number of hydrogen-bond acceptors (Lipinski definition) is 3. The zero-order chi connectivity index (χ0) is 18.0. The van der Waals surface area contributed by atoms with Crippen molar-refractivity contribution in [1.29, 1.82) is 0 Å². The normalized spacial score (nSPS) is 12.5. The van der Waals surface area contributed by atoms with Crippen LogP contribution in [-0.4, -0.2) is 63.1 Å². The topological polar surface area (TPSA) is 65.0 Å². The van der Waals surface area contributed by atoms with Crippen molar-refractivity contribution in [2.45, 2.75) is 26.8 Å². The van der Waals surface area contributed by atoms with E-state index < -0.39 is 10.0 Å². The molecular weight excluding hydrogens is 324 g/mol. The molecular formula is C17H30N4O2S.